The van der Waals surface area contributed by atoms with Gasteiger partial charge in [0.15, 0.2) is 0 Å². The van der Waals surface area contributed by atoms with E-state index in [4.69, 9.17) is 15.2 Å². The molecule has 1 aliphatic heterocycles. The molecule has 8 nitrogen and oxygen atoms in total. The molecule has 0 saturated carbocycles. The maximum absolute atomic E-state index is 11.3. The van der Waals surface area contributed by atoms with Gasteiger partial charge in [-0.05, 0) is 6.07 Å². The minimum atomic E-state index is -3.92. The molecule has 0 bridgehead atoms. The second-order valence-corrected chi connectivity index (χ2v) is 4.69. The fraction of sp³-hybridized carbons (Fsp3) is 0.429. The molecule has 2 atom stereocenters. The number of aromatic nitrogens is 2. The van der Waals surface area contributed by atoms with Crippen LogP contribution in [0.2, 0.25) is 0 Å². The zero-order valence-electron chi connectivity index (χ0n) is 8.15. The lowest BCUT2D eigenvalue weighted by Crippen LogP contribution is -2.29. The quantitative estimate of drug-likeness (QED) is 0.666. The first-order valence-corrected chi connectivity index (χ1v) is 5.94. The summed E-state index contributed by atoms with van der Waals surface area (Å²) in [5.41, 5.74) is 4.78. The van der Waals surface area contributed by atoms with E-state index in [-0.39, 0.29) is 19.0 Å². The van der Waals surface area contributed by atoms with Crippen LogP contribution in [0, 0.1) is 0 Å². The van der Waals surface area contributed by atoms with Crippen molar-refractivity contribution in [3.8, 4) is 0 Å². The fourth-order valence-electron chi connectivity index (χ4n) is 1.31. The summed E-state index contributed by atoms with van der Waals surface area (Å²) < 4.78 is 21.4. The second-order valence-electron chi connectivity index (χ2n) is 3.28. The highest BCUT2D eigenvalue weighted by Crippen LogP contribution is 2.49. The van der Waals surface area contributed by atoms with Gasteiger partial charge in [-0.3, -0.25) is 13.6 Å². The third kappa shape index (κ3) is 2.48. The monoisotopic (exact) mass is 247 g/mol. The first kappa shape index (κ1) is 11.3. The molecule has 16 heavy (non-hydrogen) atoms. The molecule has 9 heteroatoms. The average molecular weight is 247 g/mol. The van der Waals surface area contributed by atoms with E-state index < -0.39 is 19.6 Å². The summed E-state index contributed by atoms with van der Waals surface area (Å²) in [6.45, 7) is 0.0568. The van der Waals surface area contributed by atoms with Crippen LogP contribution in [-0.4, -0.2) is 27.2 Å². The van der Waals surface area contributed by atoms with E-state index in [2.05, 4.69) is 9.51 Å². The Hall–Kier alpha value is -1.21. The highest BCUT2D eigenvalue weighted by molar-refractivity contribution is 7.47. The summed E-state index contributed by atoms with van der Waals surface area (Å²) in [6.07, 6.45) is 0.799. The fourth-order valence-corrected chi connectivity index (χ4v) is 2.23. The van der Waals surface area contributed by atoms with E-state index in [1.54, 1.807) is 0 Å². The van der Waals surface area contributed by atoms with E-state index in [0.29, 0.717) is 0 Å². The number of hydrogen-bond donors (Lipinski definition) is 2. The Labute approximate surface area is 90.2 Å². The summed E-state index contributed by atoms with van der Waals surface area (Å²) in [5, 5.41) is 0. The van der Waals surface area contributed by atoms with E-state index in [0.717, 1.165) is 0 Å². The number of nitrogens with two attached hydrogens (primary N) is 1. The normalized spacial score (nSPS) is 29.4. The van der Waals surface area contributed by atoms with Crippen LogP contribution in [0.15, 0.2) is 17.1 Å². The molecule has 0 radical (unpaired) electrons. The SMILES string of the molecule is Nc1ccn(CC2COP(=O)(O)O2)c(=O)n1. The van der Waals surface area contributed by atoms with Gasteiger partial charge in [-0.25, -0.2) is 9.36 Å². The van der Waals surface area contributed by atoms with Crippen LogP contribution >= 0.6 is 7.82 Å². The summed E-state index contributed by atoms with van der Waals surface area (Å²) in [7, 11) is -3.92. The molecular weight excluding hydrogens is 237 g/mol. The van der Waals surface area contributed by atoms with Crippen molar-refractivity contribution < 1.29 is 18.5 Å². The Morgan fingerprint density at radius 3 is 3.06 bits per heavy atom. The molecular formula is C7H10N3O5P. The lowest BCUT2D eigenvalue weighted by molar-refractivity contribution is 0.193. The molecule has 0 aromatic carbocycles. The Bertz CT molecular complexity index is 501. The molecule has 1 aromatic rings. The zero-order chi connectivity index (χ0) is 11.8. The third-order valence-corrected chi connectivity index (χ3v) is 3.04. The van der Waals surface area contributed by atoms with E-state index in [9.17, 15) is 9.36 Å². The van der Waals surface area contributed by atoms with Gasteiger partial charge in [0.05, 0.1) is 13.2 Å². The van der Waals surface area contributed by atoms with Crippen LogP contribution < -0.4 is 11.4 Å². The molecule has 2 heterocycles. The highest BCUT2D eigenvalue weighted by atomic mass is 31.2. The Balaban J connectivity index is 2.11. The first-order chi connectivity index (χ1) is 7.46. The van der Waals surface area contributed by atoms with E-state index in [1.165, 1.54) is 16.8 Å². The number of nitrogens with zero attached hydrogens (tertiary/aromatic N) is 2. The van der Waals surface area contributed by atoms with E-state index >= 15 is 0 Å². The van der Waals surface area contributed by atoms with Crippen molar-refractivity contribution in [1.82, 2.24) is 9.55 Å². The molecule has 88 valence electrons. The van der Waals surface area contributed by atoms with Gasteiger partial charge in [0.2, 0.25) is 0 Å². The molecule has 0 aliphatic carbocycles. The van der Waals surface area contributed by atoms with Crippen molar-refractivity contribution in [2.24, 2.45) is 0 Å². The van der Waals surface area contributed by atoms with Crippen molar-refractivity contribution in [1.29, 1.82) is 0 Å². The second kappa shape index (κ2) is 3.99. The number of rotatable bonds is 2. The predicted molar refractivity (Wildman–Crippen MR) is 53.6 cm³/mol. The summed E-state index contributed by atoms with van der Waals surface area (Å²) >= 11 is 0. The van der Waals surface area contributed by atoms with Crippen LogP contribution in [0.4, 0.5) is 5.82 Å². The molecule has 3 N–H and O–H groups in total. The standard InChI is InChI=1S/C7H10N3O5P/c8-6-1-2-10(7(11)9-6)3-5-4-14-16(12,13)15-5/h1-2,5H,3-4H2,(H,12,13)(H2,8,9,11). The number of anilines is 1. The van der Waals surface area contributed by atoms with Gasteiger partial charge in [0.1, 0.15) is 11.9 Å². The smallest absolute Gasteiger partial charge is 0.383 e. The molecule has 2 rings (SSSR count). The lowest BCUT2D eigenvalue weighted by Gasteiger charge is -2.09. The summed E-state index contributed by atoms with van der Waals surface area (Å²) in [5.74, 6) is 0.123. The third-order valence-electron chi connectivity index (χ3n) is 2.00. The molecule has 0 spiro atoms. The molecule has 1 fully saturated rings. The number of nitrogen functional groups attached to an aromatic ring is 1. The minimum Gasteiger partial charge on any atom is -0.383 e. The van der Waals surface area contributed by atoms with Crippen LogP contribution in [0.3, 0.4) is 0 Å². The lowest BCUT2D eigenvalue weighted by atomic mass is 10.4. The predicted octanol–water partition coefficient (Wildman–Crippen LogP) is -0.659. The van der Waals surface area contributed by atoms with Crippen molar-refractivity contribution >= 4 is 13.6 Å². The van der Waals surface area contributed by atoms with Gasteiger partial charge in [-0.2, -0.15) is 4.98 Å². The Morgan fingerprint density at radius 2 is 2.50 bits per heavy atom. The van der Waals surface area contributed by atoms with Gasteiger partial charge in [0, 0.05) is 6.20 Å². The van der Waals surface area contributed by atoms with Crippen LogP contribution in [0.25, 0.3) is 0 Å². The first-order valence-electron chi connectivity index (χ1n) is 4.45. The van der Waals surface area contributed by atoms with Gasteiger partial charge < -0.3 is 10.6 Å². The van der Waals surface area contributed by atoms with Gasteiger partial charge in [-0.1, -0.05) is 0 Å². The maximum atomic E-state index is 11.3. The highest BCUT2D eigenvalue weighted by Gasteiger charge is 2.35. The average Bonchev–Trinajstić information content (AvgIpc) is 2.51. The van der Waals surface area contributed by atoms with Crippen LogP contribution in [-0.2, 0) is 20.2 Å². The number of phosphoric acid groups is 1. The molecule has 1 aliphatic rings. The van der Waals surface area contributed by atoms with Gasteiger partial charge in [-0.15, -0.1) is 0 Å². The van der Waals surface area contributed by atoms with Gasteiger partial charge in [0.25, 0.3) is 0 Å². The van der Waals surface area contributed by atoms with Crippen LogP contribution in [0.1, 0.15) is 0 Å². The summed E-state index contributed by atoms with van der Waals surface area (Å²) in [4.78, 5) is 23.8. The molecule has 1 saturated heterocycles. The topological polar surface area (TPSA) is 117 Å². The zero-order valence-corrected chi connectivity index (χ0v) is 9.04. The maximum Gasteiger partial charge on any atom is 0.472 e. The van der Waals surface area contributed by atoms with Gasteiger partial charge >= 0.3 is 13.5 Å². The van der Waals surface area contributed by atoms with E-state index in [1.807, 2.05) is 0 Å². The minimum absolute atomic E-state index is 0.0371. The molecule has 2 unspecified atom stereocenters. The Morgan fingerprint density at radius 1 is 1.75 bits per heavy atom. The van der Waals surface area contributed by atoms with Crippen molar-refractivity contribution in [3.05, 3.63) is 22.7 Å². The van der Waals surface area contributed by atoms with Crippen molar-refractivity contribution in [3.63, 3.8) is 0 Å². The number of phosphoric ester groups is 1. The Kier molecular flexibility index (Phi) is 2.81. The van der Waals surface area contributed by atoms with Crippen molar-refractivity contribution in [2.75, 3.05) is 12.3 Å². The largest absolute Gasteiger partial charge is 0.472 e. The molecule has 1 aromatic heterocycles. The summed E-state index contributed by atoms with van der Waals surface area (Å²) in [6, 6.07) is 1.45. The number of hydrogen-bond acceptors (Lipinski definition) is 6. The van der Waals surface area contributed by atoms with Crippen molar-refractivity contribution in [2.45, 2.75) is 12.6 Å². The van der Waals surface area contributed by atoms with Crippen LogP contribution in [0.5, 0.6) is 0 Å². The molecule has 0 amide bonds.